The zero-order chi connectivity index (χ0) is 19.0. The first-order valence-electron chi connectivity index (χ1n) is 8.50. The molecule has 1 aliphatic rings. The molecule has 0 bridgehead atoms. The Balaban J connectivity index is 1.71. The summed E-state index contributed by atoms with van der Waals surface area (Å²) in [6, 6.07) is 7.70. The van der Waals surface area contributed by atoms with Crippen molar-refractivity contribution in [2.24, 2.45) is 0 Å². The largest absolute Gasteiger partial charge is 0.497 e. The van der Waals surface area contributed by atoms with E-state index in [1.807, 2.05) is 24.3 Å². The fourth-order valence-corrected chi connectivity index (χ4v) is 4.53. The summed E-state index contributed by atoms with van der Waals surface area (Å²) in [5.41, 5.74) is 2.97. The predicted molar refractivity (Wildman–Crippen MR) is 110 cm³/mol. The van der Waals surface area contributed by atoms with Crippen molar-refractivity contribution in [3.8, 4) is 11.5 Å². The summed E-state index contributed by atoms with van der Waals surface area (Å²) < 4.78 is 12.4. The molecular formula is C19H19N3O3S2. The van der Waals surface area contributed by atoms with Gasteiger partial charge in [0.2, 0.25) is 0 Å². The minimum absolute atomic E-state index is 0.0821. The van der Waals surface area contributed by atoms with Crippen LogP contribution >= 0.6 is 24.4 Å². The zero-order valence-electron chi connectivity index (χ0n) is 15.0. The van der Waals surface area contributed by atoms with Crippen LogP contribution in [0.5, 0.6) is 11.5 Å². The van der Waals surface area contributed by atoms with E-state index in [0.717, 1.165) is 27.8 Å². The molecule has 2 aromatic heterocycles. The minimum atomic E-state index is -0.0821. The predicted octanol–water partition coefficient (Wildman–Crippen LogP) is 2.80. The highest BCUT2D eigenvalue weighted by Gasteiger charge is 2.25. The molecule has 27 heavy (non-hydrogen) atoms. The number of nitrogens with zero attached hydrogens (tertiary/aromatic N) is 3. The Morgan fingerprint density at radius 3 is 2.59 bits per heavy atom. The third-order valence-electron chi connectivity index (χ3n) is 4.50. The molecule has 0 saturated heterocycles. The van der Waals surface area contributed by atoms with Crippen LogP contribution in [0.15, 0.2) is 40.4 Å². The Bertz CT molecular complexity index is 1050. The number of ether oxygens (including phenoxy) is 2. The van der Waals surface area contributed by atoms with Crippen LogP contribution in [0.3, 0.4) is 0 Å². The topological polar surface area (TPSA) is 66.2 Å². The number of thiol groups is 1. The SMILES string of the molecule is COc1cc(Cc2cnc3c(=O)n4c(nc3c2)SC(CS)C4)cc(OC)c1. The molecule has 3 aromatic rings. The van der Waals surface area contributed by atoms with Crippen molar-refractivity contribution in [3.05, 3.63) is 51.9 Å². The summed E-state index contributed by atoms with van der Waals surface area (Å²) in [5, 5.41) is 1.02. The van der Waals surface area contributed by atoms with Crippen molar-refractivity contribution in [1.29, 1.82) is 0 Å². The second-order valence-corrected chi connectivity index (χ2v) is 7.97. The highest BCUT2D eigenvalue weighted by Crippen LogP contribution is 2.31. The quantitative estimate of drug-likeness (QED) is 0.524. The van der Waals surface area contributed by atoms with E-state index in [-0.39, 0.29) is 10.8 Å². The Hall–Kier alpha value is -2.19. The maximum atomic E-state index is 12.7. The van der Waals surface area contributed by atoms with E-state index in [9.17, 15) is 4.79 Å². The van der Waals surface area contributed by atoms with Crippen molar-refractivity contribution in [2.75, 3.05) is 20.0 Å². The molecule has 3 heterocycles. The molecule has 0 N–H and O–H groups in total. The van der Waals surface area contributed by atoms with Crippen LogP contribution < -0.4 is 15.0 Å². The lowest BCUT2D eigenvalue weighted by Crippen LogP contribution is -2.23. The summed E-state index contributed by atoms with van der Waals surface area (Å²) in [6.07, 6.45) is 2.38. The van der Waals surface area contributed by atoms with E-state index in [1.54, 1.807) is 36.7 Å². The van der Waals surface area contributed by atoms with Gasteiger partial charge in [0, 0.05) is 29.8 Å². The second kappa shape index (κ2) is 7.44. The third kappa shape index (κ3) is 3.51. The molecule has 1 aliphatic heterocycles. The molecule has 1 unspecified atom stereocenters. The average Bonchev–Trinajstić information content (AvgIpc) is 3.11. The molecule has 0 amide bonds. The minimum Gasteiger partial charge on any atom is -0.497 e. The number of aromatic nitrogens is 3. The molecule has 6 nitrogen and oxygen atoms in total. The molecule has 4 rings (SSSR count). The molecule has 0 aliphatic carbocycles. The smallest absolute Gasteiger partial charge is 0.280 e. The van der Waals surface area contributed by atoms with Crippen LogP contribution in [0.4, 0.5) is 0 Å². The Kier molecular flexibility index (Phi) is 5.01. The molecule has 140 valence electrons. The van der Waals surface area contributed by atoms with Gasteiger partial charge in [0.25, 0.3) is 5.56 Å². The van der Waals surface area contributed by atoms with Gasteiger partial charge in [-0.25, -0.2) is 9.97 Å². The Morgan fingerprint density at radius 2 is 1.93 bits per heavy atom. The maximum Gasteiger partial charge on any atom is 0.280 e. The van der Waals surface area contributed by atoms with Gasteiger partial charge in [-0.2, -0.15) is 12.6 Å². The lowest BCUT2D eigenvalue weighted by Gasteiger charge is -2.09. The monoisotopic (exact) mass is 401 g/mol. The van der Waals surface area contributed by atoms with E-state index in [0.29, 0.717) is 29.8 Å². The number of hydrogen-bond donors (Lipinski definition) is 1. The van der Waals surface area contributed by atoms with Crippen molar-refractivity contribution >= 4 is 35.4 Å². The van der Waals surface area contributed by atoms with Crippen LogP contribution in [0, 0.1) is 0 Å². The molecule has 1 atom stereocenters. The maximum absolute atomic E-state index is 12.7. The number of rotatable bonds is 5. The standard InChI is InChI=1S/C19H19N3O3S2/c1-24-13-4-11(5-14(7-13)25-2)3-12-6-16-17(20-8-12)18(23)22-9-15(10-26)27-19(22)21-16/h4-8,15,26H,3,9-10H2,1-2H3. The summed E-state index contributed by atoms with van der Waals surface area (Å²) in [5.74, 6) is 2.18. The van der Waals surface area contributed by atoms with Crippen LogP contribution in [0.2, 0.25) is 0 Å². The third-order valence-corrected chi connectivity index (χ3v) is 6.36. The Labute approximate surface area is 166 Å². The van der Waals surface area contributed by atoms with Gasteiger partial charge in [-0.3, -0.25) is 9.36 Å². The lowest BCUT2D eigenvalue weighted by atomic mass is 10.1. The van der Waals surface area contributed by atoms with Gasteiger partial charge in [-0.1, -0.05) is 11.8 Å². The van der Waals surface area contributed by atoms with Crippen LogP contribution in [-0.2, 0) is 13.0 Å². The summed E-state index contributed by atoms with van der Waals surface area (Å²) in [4.78, 5) is 21.8. The summed E-state index contributed by atoms with van der Waals surface area (Å²) >= 11 is 5.94. The van der Waals surface area contributed by atoms with Gasteiger partial charge in [0.1, 0.15) is 11.5 Å². The summed E-state index contributed by atoms with van der Waals surface area (Å²) in [7, 11) is 3.26. The number of pyridine rings is 1. The Morgan fingerprint density at radius 1 is 1.19 bits per heavy atom. The fourth-order valence-electron chi connectivity index (χ4n) is 3.16. The number of fused-ring (bicyclic) bond motifs is 2. The van der Waals surface area contributed by atoms with E-state index in [2.05, 4.69) is 22.6 Å². The lowest BCUT2D eigenvalue weighted by molar-refractivity contribution is 0.393. The second-order valence-electron chi connectivity index (χ2n) is 6.34. The van der Waals surface area contributed by atoms with Crippen molar-refractivity contribution in [2.45, 2.75) is 23.4 Å². The van der Waals surface area contributed by atoms with Crippen LogP contribution in [0.1, 0.15) is 11.1 Å². The fraction of sp³-hybridized carbons (Fsp3) is 0.316. The first kappa shape index (κ1) is 18.2. The van der Waals surface area contributed by atoms with Gasteiger partial charge in [0.05, 0.1) is 19.7 Å². The van der Waals surface area contributed by atoms with E-state index < -0.39 is 0 Å². The van der Waals surface area contributed by atoms with Crippen molar-refractivity contribution in [3.63, 3.8) is 0 Å². The van der Waals surface area contributed by atoms with E-state index in [4.69, 9.17) is 9.47 Å². The van der Waals surface area contributed by atoms with Gasteiger partial charge in [0.15, 0.2) is 10.7 Å². The molecule has 0 spiro atoms. The average molecular weight is 402 g/mol. The molecule has 0 radical (unpaired) electrons. The molecule has 1 aromatic carbocycles. The number of hydrogen-bond acceptors (Lipinski definition) is 7. The molecular weight excluding hydrogens is 382 g/mol. The van der Waals surface area contributed by atoms with E-state index in [1.165, 1.54) is 0 Å². The van der Waals surface area contributed by atoms with Crippen LogP contribution in [0.25, 0.3) is 11.0 Å². The number of methoxy groups -OCH3 is 2. The zero-order valence-corrected chi connectivity index (χ0v) is 16.7. The summed E-state index contributed by atoms with van der Waals surface area (Å²) in [6.45, 7) is 0.637. The first-order chi connectivity index (χ1) is 13.1. The van der Waals surface area contributed by atoms with E-state index >= 15 is 0 Å². The van der Waals surface area contributed by atoms with Gasteiger partial charge >= 0.3 is 0 Å². The molecule has 0 fully saturated rings. The number of thioether (sulfide) groups is 1. The van der Waals surface area contributed by atoms with Crippen LogP contribution in [-0.4, -0.2) is 39.8 Å². The number of benzene rings is 1. The highest BCUT2D eigenvalue weighted by atomic mass is 32.2. The van der Waals surface area contributed by atoms with Crippen molar-refractivity contribution in [1.82, 2.24) is 14.5 Å². The molecule has 0 saturated carbocycles. The molecule has 8 heteroatoms. The van der Waals surface area contributed by atoms with Gasteiger partial charge in [-0.15, -0.1) is 0 Å². The highest BCUT2D eigenvalue weighted by molar-refractivity contribution is 8.00. The first-order valence-corrected chi connectivity index (χ1v) is 10.0. The van der Waals surface area contributed by atoms with Gasteiger partial charge in [-0.05, 0) is 35.7 Å². The van der Waals surface area contributed by atoms with Crippen molar-refractivity contribution < 1.29 is 9.47 Å². The van der Waals surface area contributed by atoms with Gasteiger partial charge < -0.3 is 9.47 Å². The normalized spacial score (nSPS) is 15.7.